The minimum absolute atomic E-state index is 0.0854. The molecule has 2 atom stereocenters. The molecule has 2 aromatic carbocycles. The van der Waals surface area contributed by atoms with Gasteiger partial charge in [0.25, 0.3) is 5.91 Å². The predicted molar refractivity (Wildman–Crippen MR) is 116 cm³/mol. The smallest absolute Gasteiger partial charge is 0.412 e. The van der Waals surface area contributed by atoms with Gasteiger partial charge in [0.2, 0.25) is 0 Å². The number of rotatable bonds is 9. The molecular formula is C23H25N3O6. The third-order valence-electron chi connectivity index (χ3n) is 4.71. The van der Waals surface area contributed by atoms with E-state index in [0.717, 1.165) is 0 Å². The number of nitrogens with one attached hydrogen (secondary N) is 2. The first-order chi connectivity index (χ1) is 15.4. The molecule has 2 aromatic rings. The number of hydrogen-bond acceptors (Lipinski definition) is 7. The third kappa shape index (κ3) is 7.04. The van der Waals surface area contributed by atoms with Crippen LogP contribution in [0.1, 0.15) is 37.0 Å². The topological polar surface area (TPSA) is 141 Å². The first-order valence-electron chi connectivity index (χ1n) is 9.83. The molecule has 0 aromatic heterocycles. The Kier molecular flexibility index (Phi) is 9.07. The lowest BCUT2D eigenvalue weighted by atomic mass is 9.92. The van der Waals surface area contributed by atoms with E-state index in [4.69, 9.17) is 19.9 Å². The Morgan fingerprint density at radius 3 is 2.53 bits per heavy atom. The molecule has 0 saturated heterocycles. The van der Waals surface area contributed by atoms with Gasteiger partial charge < -0.3 is 14.6 Å². The number of aromatic hydroxyl groups is 1. The van der Waals surface area contributed by atoms with Gasteiger partial charge in [0, 0.05) is 11.8 Å². The Morgan fingerprint density at radius 1 is 1.22 bits per heavy atom. The number of benzene rings is 2. The van der Waals surface area contributed by atoms with Crippen LogP contribution in [0, 0.1) is 17.2 Å². The molecule has 2 rings (SSSR count). The summed E-state index contributed by atoms with van der Waals surface area (Å²) in [4.78, 5) is 23.6. The first kappa shape index (κ1) is 24.2. The van der Waals surface area contributed by atoms with Crippen molar-refractivity contribution in [2.24, 2.45) is 5.92 Å². The molecular weight excluding hydrogens is 414 g/mol. The van der Waals surface area contributed by atoms with E-state index in [1.807, 2.05) is 13.0 Å². The molecule has 0 fully saturated rings. The molecule has 0 aliphatic rings. The quantitative estimate of drug-likeness (QED) is 0.262. The number of carbonyl (C=O) groups is 2. The SMILES string of the molecule is COc1ccc([C@H](OC(=O)Nc2ccc(C#N)cc2)[C@H](C)CC/C=C/C(=O)NO)cc1O. The molecule has 9 heteroatoms. The second-order valence-electron chi connectivity index (χ2n) is 7.00. The Bertz CT molecular complexity index is 998. The van der Waals surface area contributed by atoms with Crippen molar-refractivity contribution in [1.29, 1.82) is 5.26 Å². The Labute approximate surface area is 185 Å². The number of hydroxylamine groups is 1. The molecule has 0 saturated carbocycles. The van der Waals surface area contributed by atoms with Crippen molar-refractivity contribution in [3.63, 3.8) is 0 Å². The zero-order valence-electron chi connectivity index (χ0n) is 17.7. The molecule has 2 amide bonds. The first-order valence-corrected chi connectivity index (χ1v) is 9.83. The fraction of sp³-hybridized carbons (Fsp3) is 0.261. The summed E-state index contributed by atoms with van der Waals surface area (Å²) < 4.78 is 10.7. The number of amides is 2. The summed E-state index contributed by atoms with van der Waals surface area (Å²) in [6.07, 6.45) is 2.45. The molecule has 32 heavy (non-hydrogen) atoms. The van der Waals surface area contributed by atoms with Gasteiger partial charge in [0.1, 0.15) is 6.10 Å². The average molecular weight is 439 g/mol. The lowest BCUT2D eigenvalue weighted by Crippen LogP contribution is -2.22. The number of hydrogen-bond donors (Lipinski definition) is 4. The van der Waals surface area contributed by atoms with Gasteiger partial charge in [0.15, 0.2) is 11.5 Å². The summed E-state index contributed by atoms with van der Waals surface area (Å²) >= 11 is 0. The highest BCUT2D eigenvalue weighted by Gasteiger charge is 2.24. The summed E-state index contributed by atoms with van der Waals surface area (Å²) in [6.45, 7) is 1.88. The summed E-state index contributed by atoms with van der Waals surface area (Å²) in [7, 11) is 1.44. The second-order valence-corrected chi connectivity index (χ2v) is 7.00. The standard InChI is InChI=1S/C23H25N3O6/c1-15(5-3-4-6-21(28)26-30)22(17-9-12-20(31-2)19(27)13-17)32-23(29)25-18-10-7-16(14-24)8-11-18/h4,6-13,15,22,27,30H,3,5H2,1-2H3,(H,25,29)(H,26,28)/b6-4+/t15-,22-/m1/s1. The highest BCUT2D eigenvalue weighted by molar-refractivity contribution is 5.86. The maximum absolute atomic E-state index is 12.5. The number of ether oxygens (including phenoxy) is 2. The zero-order chi connectivity index (χ0) is 23.5. The minimum atomic E-state index is -0.703. The molecule has 0 unspecified atom stereocenters. The maximum atomic E-state index is 12.5. The van der Waals surface area contributed by atoms with Crippen LogP contribution in [0.25, 0.3) is 0 Å². The van der Waals surface area contributed by atoms with Gasteiger partial charge in [-0.1, -0.05) is 19.1 Å². The van der Waals surface area contributed by atoms with Gasteiger partial charge in [-0.05, 0) is 60.7 Å². The molecule has 0 aliphatic carbocycles. The van der Waals surface area contributed by atoms with Crippen molar-refractivity contribution in [1.82, 2.24) is 5.48 Å². The Hall–Kier alpha value is -4.03. The van der Waals surface area contributed by atoms with E-state index in [2.05, 4.69) is 5.32 Å². The minimum Gasteiger partial charge on any atom is -0.504 e. The monoisotopic (exact) mass is 439 g/mol. The van der Waals surface area contributed by atoms with Crippen molar-refractivity contribution >= 4 is 17.7 Å². The summed E-state index contributed by atoms with van der Waals surface area (Å²) in [6, 6.07) is 13.1. The number of carbonyl (C=O) groups excluding carboxylic acids is 2. The average Bonchev–Trinajstić information content (AvgIpc) is 2.80. The van der Waals surface area contributed by atoms with E-state index in [9.17, 15) is 14.7 Å². The number of nitrogens with zero attached hydrogens (tertiary/aromatic N) is 1. The summed E-state index contributed by atoms with van der Waals surface area (Å²) in [5, 5.41) is 30.2. The van der Waals surface area contributed by atoms with Gasteiger partial charge in [0.05, 0.1) is 18.7 Å². The molecule has 0 heterocycles. The van der Waals surface area contributed by atoms with Gasteiger partial charge in [-0.2, -0.15) is 5.26 Å². The van der Waals surface area contributed by atoms with E-state index in [1.54, 1.807) is 42.5 Å². The maximum Gasteiger partial charge on any atom is 0.412 e. The largest absolute Gasteiger partial charge is 0.504 e. The highest BCUT2D eigenvalue weighted by atomic mass is 16.6. The van der Waals surface area contributed by atoms with Crippen molar-refractivity contribution < 1.29 is 29.4 Å². The molecule has 4 N–H and O–H groups in total. The van der Waals surface area contributed by atoms with Crippen molar-refractivity contribution in [2.45, 2.75) is 25.9 Å². The molecule has 0 bridgehead atoms. The van der Waals surface area contributed by atoms with Crippen LogP contribution in [0.3, 0.4) is 0 Å². The number of allylic oxidation sites excluding steroid dienone is 1. The van der Waals surface area contributed by atoms with Gasteiger partial charge in [-0.3, -0.25) is 15.3 Å². The normalized spacial score (nSPS) is 12.4. The zero-order valence-corrected chi connectivity index (χ0v) is 17.7. The fourth-order valence-corrected chi connectivity index (χ4v) is 3.03. The van der Waals surface area contributed by atoms with Crippen LogP contribution in [-0.2, 0) is 9.53 Å². The van der Waals surface area contributed by atoms with E-state index in [1.165, 1.54) is 24.7 Å². The lowest BCUT2D eigenvalue weighted by Gasteiger charge is -2.25. The number of anilines is 1. The van der Waals surface area contributed by atoms with E-state index >= 15 is 0 Å². The van der Waals surface area contributed by atoms with Crippen LogP contribution in [0.4, 0.5) is 10.5 Å². The molecule has 0 radical (unpaired) electrons. The van der Waals surface area contributed by atoms with Gasteiger partial charge in [-0.15, -0.1) is 0 Å². The van der Waals surface area contributed by atoms with Crippen LogP contribution in [0.2, 0.25) is 0 Å². The predicted octanol–water partition coefficient (Wildman–Crippen LogP) is 4.04. The van der Waals surface area contributed by atoms with Crippen LogP contribution in [-0.4, -0.2) is 29.4 Å². The second kappa shape index (κ2) is 12.0. The molecule has 168 valence electrons. The third-order valence-corrected chi connectivity index (χ3v) is 4.71. The molecule has 0 spiro atoms. The Morgan fingerprint density at radius 2 is 1.94 bits per heavy atom. The summed E-state index contributed by atoms with van der Waals surface area (Å²) in [5.74, 6) is -0.610. The van der Waals surface area contributed by atoms with Crippen LogP contribution in [0.5, 0.6) is 11.5 Å². The van der Waals surface area contributed by atoms with Gasteiger partial charge >= 0.3 is 6.09 Å². The number of phenolic OH excluding ortho intramolecular Hbond substituents is 1. The fourth-order valence-electron chi connectivity index (χ4n) is 3.03. The van der Waals surface area contributed by atoms with E-state index in [0.29, 0.717) is 35.4 Å². The summed E-state index contributed by atoms with van der Waals surface area (Å²) in [5.41, 5.74) is 3.02. The van der Waals surface area contributed by atoms with Crippen molar-refractivity contribution in [2.75, 3.05) is 12.4 Å². The van der Waals surface area contributed by atoms with Crippen LogP contribution >= 0.6 is 0 Å². The van der Waals surface area contributed by atoms with E-state index in [-0.39, 0.29) is 11.7 Å². The lowest BCUT2D eigenvalue weighted by molar-refractivity contribution is -0.124. The van der Waals surface area contributed by atoms with Crippen molar-refractivity contribution in [3.8, 4) is 17.6 Å². The van der Waals surface area contributed by atoms with Crippen LogP contribution < -0.4 is 15.5 Å². The Balaban J connectivity index is 2.15. The van der Waals surface area contributed by atoms with Crippen LogP contribution in [0.15, 0.2) is 54.6 Å². The van der Waals surface area contributed by atoms with E-state index < -0.39 is 18.1 Å². The number of nitriles is 1. The highest BCUT2D eigenvalue weighted by Crippen LogP contribution is 2.35. The number of methoxy groups -OCH3 is 1. The molecule has 0 aliphatic heterocycles. The van der Waals surface area contributed by atoms with Gasteiger partial charge in [-0.25, -0.2) is 10.3 Å². The number of phenols is 1. The molecule has 9 nitrogen and oxygen atoms in total. The van der Waals surface area contributed by atoms with Crippen molar-refractivity contribution in [3.05, 3.63) is 65.7 Å².